The Hall–Kier alpha value is -1.82. The average Bonchev–Trinajstić information content (AvgIpc) is 2.94. The van der Waals surface area contributed by atoms with E-state index in [0.717, 1.165) is 22.1 Å². The number of aromatic nitrogens is 2. The fourth-order valence-corrected chi connectivity index (χ4v) is 2.52. The molecule has 0 saturated heterocycles. The molecule has 0 aromatic carbocycles. The molecule has 2 heterocycles. The van der Waals surface area contributed by atoms with Crippen LogP contribution in [-0.2, 0) is 24.3 Å². The van der Waals surface area contributed by atoms with E-state index in [4.69, 9.17) is 5.11 Å². The highest BCUT2D eigenvalue weighted by atomic mass is 32.1. The highest BCUT2D eigenvalue weighted by Gasteiger charge is 2.05. The molecule has 0 saturated carbocycles. The fraction of sp³-hybridized carbons (Fsp3) is 0.333. The van der Waals surface area contributed by atoms with Crippen LogP contribution < -0.4 is 5.32 Å². The smallest absolute Gasteiger partial charge is 0.308 e. The number of carboxylic acids is 1. The first-order valence-electron chi connectivity index (χ1n) is 5.74. The van der Waals surface area contributed by atoms with Crippen molar-refractivity contribution in [3.63, 3.8) is 0 Å². The molecule has 2 aromatic rings. The van der Waals surface area contributed by atoms with Gasteiger partial charge in [-0.3, -0.25) is 9.48 Å². The molecule has 0 spiro atoms. The van der Waals surface area contributed by atoms with Gasteiger partial charge in [-0.1, -0.05) is 0 Å². The molecule has 2 N–H and O–H groups in total. The summed E-state index contributed by atoms with van der Waals surface area (Å²) in [7, 11) is 0. The van der Waals surface area contributed by atoms with Crippen LogP contribution in [0.5, 0.6) is 0 Å². The highest BCUT2D eigenvalue weighted by molar-refractivity contribution is 7.12. The quantitative estimate of drug-likeness (QED) is 0.840. The number of aryl methyl sites for hydroxylation is 1. The first kappa shape index (κ1) is 12.6. The number of carboxylic acid groups (broad SMARTS) is 1. The molecule has 0 atom stereocenters. The topological polar surface area (TPSA) is 67.2 Å². The molecular formula is C12H15N3O2S. The Labute approximate surface area is 109 Å². The Morgan fingerprint density at radius 3 is 2.89 bits per heavy atom. The van der Waals surface area contributed by atoms with E-state index in [1.54, 1.807) is 0 Å². The second-order valence-electron chi connectivity index (χ2n) is 3.85. The number of nitrogens with one attached hydrogen (secondary N) is 1. The molecule has 0 bridgehead atoms. The SMILES string of the molecule is CCn1ccc(NCc2ccc(CC(=O)O)s2)n1. The van der Waals surface area contributed by atoms with Gasteiger partial charge in [0.05, 0.1) is 13.0 Å². The van der Waals surface area contributed by atoms with E-state index in [9.17, 15) is 4.79 Å². The van der Waals surface area contributed by atoms with Gasteiger partial charge >= 0.3 is 5.97 Å². The summed E-state index contributed by atoms with van der Waals surface area (Å²) in [6.45, 7) is 3.56. The summed E-state index contributed by atoms with van der Waals surface area (Å²) in [6.07, 6.45) is 2.02. The van der Waals surface area contributed by atoms with Crippen LogP contribution in [0.3, 0.4) is 0 Å². The molecular weight excluding hydrogens is 250 g/mol. The van der Waals surface area contributed by atoms with Gasteiger partial charge < -0.3 is 10.4 Å². The minimum Gasteiger partial charge on any atom is -0.481 e. The third-order valence-corrected chi connectivity index (χ3v) is 3.54. The van der Waals surface area contributed by atoms with Crippen LogP contribution in [0.1, 0.15) is 16.7 Å². The lowest BCUT2D eigenvalue weighted by Crippen LogP contribution is -2.00. The predicted molar refractivity (Wildman–Crippen MR) is 70.9 cm³/mol. The normalized spacial score (nSPS) is 10.5. The van der Waals surface area contributed by atoms with Gasteiger partial charge in [0.1, 0.15) is 5.82 Å². The Morgan fingerprint density at radius 2 is 2.22 bits per heavy atom. The summed E-state index contributed by atoms with van der Waals surface area (Å²) in [4.78, 5) is 12.6. The summed E-state index contributed by atoms with van der Waals surface area (Å²) >= 11 is 1.52. The number of hydrogen-bond acceptors (Lipinski definition) is 4. The number of hydrogen-bond donors (Lipinski definition) is 2. The van der Waals surface area contributed by atoms with E-state index >= 15 is 0 Å². The molecule has 0 aliphatic heterocycles. The van der Waals surface area contributed by atoms with E-state index in [1.807, 2.05) is 36.0 Å². The first-order valence-corrected chi connectivity index (χ1v) is 6.55. The molecule has 0 fully saturated rings. The Kier molecular flexibility index (Phi) is 3.99. The summed E-state index contributed by atoms with van der Waals surface area (Å²) in [5, 5.41) is 16.2. The minimum atomic E-state index is -0.793. The van der Waals surface area contributed by atoms with Crippen molar-refractivity contribution >= 4 is 23.1 Å². The van der Waals surface area contributed by atoms with Crippen LogP contribution in [0, 0.1) is 0 Å². The number of thiophene rings is 1. The van der Waals surface area contributed by atoms with Gasteiger partial charge in [0.25, 0.3) is 0 Å². The molecule has 0 aliphatic carbocycles. The number of carbonyl (C=O) groups is 1. The molecule has 0 unspecified atom stereocenters. The van der Waals surface area contributed by atoms with Crippen molar-refractivity contribution < 1.29 is 9.90 Å². The lowest BCUT2D eigenvalue weighted by atomic mass is 10.3. The maximum Gasteiger partial charge on any atom is 0.308 e. The zero-order valence-corrected chi connectivity index (χ0v) is 10.9. The Balaban J connectivity index is 1.89. The molecule has 5 nitrogen and oxygen atoms in total. The predicted octanol–water partition coefficient (Wildman–Crippen LogP) is 2.20. The van der Waals surface area contributed by atoms with Gasteiger partial charge in [0, 0.05) is 28.6 Å². The van der Waals surface area contributed by atoms with E-state index in [1.165, 1.54) is 11.3 Å². The molecule has 0 aliphatic rings. The van der Waals surface area contributed by atoms with Crippen LogP contribution in [-0.4, -0.2) is 20.9 Å². The molecule has 18 heavy (non-hydrogen) atoms. The van der Waals surface area contributed by atoms with Crippen molar-refractivity contribution in [2.75, 3.05) is 5.32 Å². The maximum absolute atomic E-state index is 10.6. The van der Waals surface area contributed by atoms with Gasteiger partial charge in [-0.25, -0.2) is 0 Å². The van der Waals surface area contributed by atoms with E-state index in [2.05, 4.69) is 10.4 Å². The van der Waals surface area contributed by atoms with E-state index in [-0.39, 0.29) is 6.42 Å². The summed E-state index contributed by atoms with van der Waals surface area (Å²) < 4.78 is 1.85. The summed E-state index contributed by atoms with van der Waals surface area (Å²) in [5.41, 5.74) is 0. The standard InChI is InChI=1S/C12H15N3O2S/c1-2-15-6-5-11(14-15)13-8-10-4-3-9(18-10)7-12(16)17/h3-6H,2,7-8H2,1H3,(H,13,14)(H,16,17). The van der Waals surface area contributed by atoms with E-state index in [0.29, 0.717) is 6.54 Å². The van der Waals surface area contributed by atoms with Gasteiger partial charge in [-0.15, -0.1) is 11.3 Å². The zero-order chi connectivity index (χ0) is 13.0. The molecule has 6 heteroatoms. The van der Waals surface area contributed by atoms with Gasteiger partial charge in [-0.05, 0) is 19.1 Å². The van der Waals surface area contributed by atoms with Gasteiger partial charge in [-0.2, -0.15) is 5.10 Å². The number of anilines is 1. The lowest BCUT2D eigenvalue weighted by molar-refractivity contribution is -0.136. The third kappa shape index (κ3) is 3.33. The van der Waals surface area contributed by atoms with Crippen LogP contribution in [0.2, 0.25) is 0 Å². The molecule has 0 amide bonds. The second-order valence-corrected chi connectivity index (χ2v) is 5.10. The largest absolute Gasteiger partial charge is 0.481 e. The van der Waals surface area contributed by atoms with Gasteiger partial charge in [0.15, 0.2) is 0 Å². The fourth-order valence-electron chi connectivity index (χ4n) is 1.57. The zero-order valence-electron chi connectivity index (χ0n) is 10.1. The molecule has 0 radical (unpaired) electrons. The van der Waals surface area contributed by atoms with Crippen LogP contribution >= 0.6 is 11.3 Å². The van der Waals surface area contributed by atoms with Crippen molar-refractivity contribution in [2.45, 2.75) is 26.4 Å². The first-order chi connectivity index (χ1) is 8.67. The lowest BCUT2D eigenvalue weighted by Gasteiger charge is -2.00. The third-order valence-electron chi connectivity index (χ3n) is 2.45. The second kappa shape index (κ2) is 5.68. The van der Waals surface area contributed by atoms with Crippen molar-refractivity contribution in [2.24, 2.45) is 0 Å². The van der Waals surface area contributed by atoms with E-state index < -0.39 is 5.97 Å². The molecule has 2 rings (SSSR count). The van der Waals surface area contributed by atoms with Crippen LogP contribution in [0.4, 0.5) is 5.82 Å². The number of nitrogens with zero attached hydrogens (tertiary/aromatic N) is 2. The number of aliphatic carboxylic acids is 1. The Morgan fingerprint density at radius 1 is 1.44 bits per heavy atom. The van der Waals surface area contributed by atoms with Crippen molar-refractivity contribution in [1.29, 1.82) is 0 Å². The molecule has 96 valence electrons. The Bertz CT molecular complexity index is 533. The summed E-state index contributed by atoms with van der Waals surface area (Å²) in [6, 6.07) is 5.74. The summed E-state index contributed by atoms with van der Waals surface area (Å²) in [5.74, 6) is 0.0445. The maximum atomic E-state index is 10.6. The van der Waals surface area contributed by atoms with Crippen molar-refractivity contribution in [3.8, 4) is 0 Å². The van der Waals surface area contributed by atoms with Gasteiger partial charge in [0.2, 0.25) is 0 Å². The van der Waals surface area contributed by atoms with Crippen molar-refractivity contribution in [1.82, 2.24) is 9.78 Å². The highest BCUT2D eigenvalue weighted by Crippen LogP contribution is 2.18. The average molecular weight is 265 g/mol. The molecule has 2 aromatic heterocycles. The van der Waals surface area contributed by atoms with Crippen LogP contribution in [0.15, 0.2) is 24.4 Å². The monoisotopic (exact) mass is 265 g/mol. The van der Waals surface area contributed by atoms with Crippen molar-refractivity contribution in [3.05, 3.63) is 34.2 Å². The number of rotatable bonds is 6. The minimum absolute atomic E-state index is 0.0924. The van der Waals surface area contributed by atoms with Crippen LogP contribution in [0.25, 0.3) is 0 Å².